The van der Waals surface area contributed by atoms with Crippen LogP contribution in [-0.2, 0) is 9.59 Å². The van der Waals surface area contributed by atoms with Crippen LogP contribution in [0.25, 0.3) is 0 Å². The quantitative estimate of drug-likeness (QED) is 0.746. The summed E-state index contributed by atoms with van der Waals surface area (Å²) in [5.74, 6) is 0.298. The van der Waals surface area contributed by atoms with Gasteiger partial charge in [0.05, 0.1) is 5.02 Å². The van der Waals surface area contributed by atoms with E-state index >= 15 is 0 Å². The maximum atomic E-state index is 12.2. The van der Waals surface area contributed by atoms with Gasteiger partial charge >= 0.3 is 0 Å². The van der Waals surface area contributed by atoms with Gasteiger partial charge in [-0.3, -0.25) is 9.59 Å². The summed E-state index contributed by atoms with van der Waals surface area (Å²) in [6.45, 7) is 2.41. The number of amides is 2. The van der Waals surface area contributed by atoms with E-state index in [-0.39, 0.29) is 18.4 Å². The smallest absolute Gasteiger partial charge is 0.262 e. The summed E-state index contributed by atoms with van der Waals surface area (Å²) in [5.41, 5.74) is 2.25. The molecule has 1 N–H and O–H groups in total. The molecule has 2 aromatic rings. The van der Waals surface area contributed by atoms with Crippen LogP contribution in [0.15, 0.2) is 40.9 Å². The Labute approximate surface area is 165 Å². The Balaban J connectivity index is 1.63. The van der Waals surface area contributed by atoms with Crippen LogP contribution in [-0.4, -0.2) is 25.0 Å². The minimum absolute atomic E-state index is 0.108. The average Bonchev–Trinajstić information content (AvgIpc) is 3.00. The minimum atomic E-state index is -0.298. The molecular formula is C19H18BrClN2O3. The second-order valence-corrected chi connectivity index (χ2v) is 7.39. The second kappa shape index (κ2) is 8.10. The largest absolute Gasteiger partial charge is 0.482 e. The van der Waals surface area contributed by atoms with Crippen molar-refractivity contribution in [2.24, 2.45) is 0 Å². The first-order valence-electron chi connectivity index (χ1n) is 8.23. The first-order valence-corrected chi connectivity index (χ1v) is 9.40. The highest BCUT2D eigenvalue weighted by atomic mass is 79.9. The topological polar surface area (TPSA) is 58.6 Å². The van der Waals surface area contributed by atoms with Crippen molar-refractivity contribution >= 4 is 50.7 Å². The van der Waals surface area contributed by atoms with Gasteiger partial charge in [0.15, 0.2) is 6.61 Å². The van der Waals surface area contributed by atoms with Gasteiger partial charge in [-0.05, 0) is 49.2 Å². The van der Waals surface area contributed by atoms with Gasteiger partial charge in [0, 0.05) is 28.8 Å². The Morgan fingerprint density at radius 3 is 2.85 bits per heavy atom. The molecule has 2 amide bonds. The molecular weight excluding hydrogens is 420 g/mol. The predicted molar refractivity (Wildman–Crippen MR) is 106 cm³/mol. The second-order valence-electron chi connectivity index (χ2n) is 6.07. The van der Waals surface area contributed by atoms with Crippen molar-refractivity contribution in [2.75, 3.05) is 23.4 Å². The van der Waals surface area contributed by atoms with E-state index in [0.717, 1.165) is 22.1 Å². The number of rotatable bonds is 5. The third-order valence-electron chi connectivity index (χ3n) is 4.06. The Morgan fingerprint density at radius 1 is 1.35 bits per heavy atom. The fraction of sp³-hybridized carbons (Fsp3) is 0.263. The molecule has 1 saturated heterocycles. The molecule has 1 aliphatic heterocycles. The number of halogens is 2. The van der Waals surface area contributed by atoms with Crippen LogP contribution in [0.3, 0.4) is 0 Å². The third kappa shape index (κ3) is 4.37. The van der Waals surface area contributed by atoms with Crippen molar-refractivity contribution in [3.63, 3.8) is 0 Å². The average molecular weight is 438 g/mol. The zero-order valence-corrected chi connectivity index (χ0v) is 16.6. The van der Waals surface area contributed by atoms with Crippen molar-refractivity contribution in [1.82, 2.24) is 0 Å². The van der Waals surface area contributed by atoms with Crippen molar-refractivity contribution in [1.29, 1.82) is 0 Å². The molecule has 136 valence electrons. The van der Waals surface area contributed by atoms with Gasteiger partial charge in [-0.15, -0.1) is 0 Å². The molecule has 0 aliphatic carbocycles. The monoisotopic (exact) mass is 436 g/mol. The number of anilines is 2. The molecule has 2 aromatic carbocycles. The standard InChI is InChI=1S/C19H18BrClN2O3/c1-12-8-13(20)9-16(21)19(12)26-11-17(24)22-14-4-2-5-15(10-14)23-7-3-6-18(23)25/h2,4-5,8-10H,3,6-7,11H2,1H3,(H,22,24). The molecule has 0 spiro atoms. The van der Waals surface area contributed by atoms with Crippen LogP contribution in [0.2, 0.25) is 5.02 Å². The van der Waals surface area contributed by atoms with E-state index in [2.05, 4.69) is 21.2 Å². The molecule has 7 heteroatoms. The fourth-order valence-corrected chi connectivity index (χ4v) is 3.90. The van der Waals surface area contributed by atoms with Gasteiger partial charge in [-0.2, -0.15) is 0 Å². The molecule has 1 heterocycles. The van der Waals surface area contributed by atoms with Crippen LogP contribution < -0.4 is 15.0 Å². The SMILES string of the molecule is Cc1cc(Br)cc(Cl)c1OCC(=O)Nc1cccc(N2CCCC2=O)c1. The normalized spacial score (nSPS) is 13.8. The minimum Gasteiger partial charge on any atom is -0.482 e. The maximum Gasteiger partial charge on any atom is 0.262 e. The number of hydrogen-bond donors (Lipinski definition) is 1. The third-order valence-corrected chi connectivity index (χ3v) is 4.80. The molecule has 3 rings (SSSR count). The molecule has 0 radical (unpaired) electrons. The van der Waals surface area contributed by atoms with Crippen molar-refractivity contribution in [3.8, 4) is 5.75 Å². The molecule has 0 bridgehead atoms. The van der Waals surface area contributed by atoms with E-state index in [9.17, 15) is 9.59 Å². The van der Waals surface area contributed by atoms with E-state index in [0.29, 0.717) is 29.4 Å². The molecule has 0 atom stereocenters. The predicted octanol–water partition coefficient (Wildman–Crippen LogP) is 4.56. The van der Waals surface area contributed by atoms with Crippen molar-refractivity contribution in [3.05, 3.63) is 51.5 Å². The number of carbonyl (C=O) groups excluding carboxylic acids is 2. The summed E-state index contributed by atoms with van der Waals surface area (Å²) in [6.07, 6.45) is 1.42. The van der Waals surface area contributed by atoms with Crippen LogP contribution in [0, 0.1) is 6.92 Å². The van der Waals surface area contributed by atoms with Gasteiger partial charge < -0.3 is 15.0 Å². The zero-order valence-electron chi connectivity index (χ0n) is 14.2. The molecule has 0 saturated carbocycles. The number of benzene rings is 2. The fourth-order valence-electron chi connectivity index (χ4n) is 2.88. The van der Waals surface area contributed by atoms with Crippen LogP contribution >= 0.6 is 27.5 Å². The number of nitrogens with one attached hydrogen (secondary N) is 1. The van der Waals surface area contributed by atoms with Gasteiger partial charge in [0.2, 0.25) is 5.91 Å². The van der Waals surface area contributed by atoms with Crippen LogP contribution in [0.1, 0.15) is 18.4 Å². The maximum absolute atomic E-state index is 12.2. The van der Waals surface area contributed by atoms with E-state index in [1.165, 1.54) is 0 Å². The summed E-state index contributed by atoms with van der Waals surface area (Å²) in [6, 6.07) is 10.8. The summed E-state index contributed by atoms with van der Waals surface area (Å²) < 4.78 is 6.43. The lowest BCUT2D eigenvalue weighted by Crippen LogP contribution is -2.24. The highest BCUT2D eigenvalue weighted by Crippen LogP contribution is 2.32. The lowest BCUT2D eigenvalue weighted by atomic mass is 10.2. The molecule has 26 heavy (non-hydrogen) atoms. The van der Waals surface area contributed by atoms with E-state index in [4.69, 9.17) is 16.3 Å². The molecule has 0 unspecified atom stereocenters. The Hall–Kier alpha value is -2.05. The number of aryl methyl sites for hydroxylation is 1. The Kier molecular flexibility index (Phi) is 5.84. The lowest BCUT2D eigenvalue weighted by Gasteiger charge is -2.17. The summed E-state index contributed by atoms with van der Waals surface area (Å²) in [7, 11) is 0. The van der Waals surface area contributed by atoms with Crippen LogP contribution in [0.4, 0.5) is 11.4 Å². The number of carbonyl (C=O) groups is 2. The zero-order chi connectivity index (χ0) is 18.7. The summed E-state index contributed by atoms with van der Waals surface area (Å²) in [4.78, 5) is 25.8. The summed E-state index contributed by atoms with van der Waals surface area (Å²) >= 11 is 9.52. The van der Waals surface area contributed by atoms with E-state index < -0.39 is 0 Å². The lowest BCUT2D eigenvalue weighted by molar-refractivity contribution is -0.118. The Bertz CT molecular complexity index is 833. The first-order chi connectivity index (χ1) is 12.4. The van der Waals surface area contributed by atoms with E-state index in [1.54, 1.807) is 23.1 Å². The molecule has 1 aliphatic rings. The van der Waals surface area contributed by atoms with Gasteiger partial charge in [0.1, 0.15) is 5.75 Å². The number of hydrogen-bond acceptors (Lipinski definition) is 3. The van der Waals surface area contributed by atoms with Crippen molar-refractivity contribution in [2.45, 2.75) is 19.8 Å². The van der Waals surface area contributed by atoms with Crippen molar-refractivity contribution < 1.29 is 14.3 Å². The molecule has 5 nitrogen and oxygen atoms in total. The van der Waals surface area contributed by atoms with Gasteiger partial charge in [0.25, 0.3) is 5.91 Å². The summed E-state index contributed by atoms with van der Waals surface area (Å²) in [5, 5.41) is 3.23. The van der Waals surface area contributed by atoms with Gasteiger partial charge in [-0.1, -0.05) is 33.6 Å². The number of nitrogens with zero attached hydrogens (tertiary/aromatic N) is 1. The van der Waals surface area contributed by atoms with Gasteiger partial charge in [-0.25, -0.2) is 0 Å². The molecule has 0 aromatic heterocycles. The highest BCUT2D eigenvalue weighted by molar-refractivity contribution is 9.10. The first kappa shape index (κ1) is 18.7. The molecule has 1 fully saturated rings. The van der Waals surface area contributed by atoms with Crippen LogP contribution in [0.5, 0.6) is 5.75 Å². The highest BCUT2D eigenvalue weighted by Gasteiger charge is 2.21. The Morgan fingerprint density at radius 2 is 2.15 bits per heavy atom. The number of ether oxygens (including phenoxy) is 1. The van der Waals surface area contributed by atoms with E-state index in [1.807, 2.05) is 25.1 Å².